The molecular weight excluding hydrogens is 194 g/mol. The Morgan fingerprint density at radius 2 is 2.06 bits per heavy atom. The van der Waals surface area contributed by atoms with Gasteiger partial charge in [-0.1, -0.05) is 42.8 Å². The fourth-order valence-corrected chi connectivity index (χ4v) is 2.58. The molecule has 2 rings (SSSR count). The highest BCUT2D eigenvalue weighted by Crippen LogP contribution is 2.20. The Kier molecular flexibility index (Phi) is 4.17. The zero-order valence-electron chi connectivity index (χ0n) is 9.94. The number of hydrogen-bond donors (Lipinski definition) is 0. The lowest BCUT2D eigenvalue weighted by molar-refractivity contribution is 0.164. The van der Waals surface area contributed by atoms with E-state index in [9.17, 15) is 0 Å². The maximum atomic E-state index is 3.85. The number of piperidine rings is 1. The van der Waals surface area contributed by atoms with Crippen molar-refractivity contribution in [1.29, 1.82) is 0 Å². The van der Waals surface area contributed by atoms with Crippen LogP contribution in [0.1, 0.15) is 24.8 Å². The third-order valence-electron chi connectivity index (χ3n) is 3.43. The van der Waals surface area contributed by atoms with Gasteiger partial charge in [-0.2, -0.15) is 0 Å². The van der Waals surface area contributed by atoms with Crippen molar-refractivity contribution in [3.8, 4) is 0 Å². The SMILES string of the molecule is C=CCN1CCCCC1Cc1ccccc1. The smallest absolute Gasteiger partial charge is 0.0163 e. The summed E-state index contributed by atoms with van der Waals surface area (Å²) in [5, 5.41) is 0. The first-order valence-electron chi connectivity index (χ1n) is 6.29. The normalized spacial score (nSPS) is 21.9. The van der Waals surface area contributed by atoms with Crippen molar-refractivity contribution in [1.82, 2.24) is 4.90 Å². The summed E-state index contributed by atoms with van der Waals surface area (Å²) in [6, 6.07) is 11.5. The summed E-state index contributed by atoms with van der Waals surface area (Å²) in [7, 11) is 0. The van der Waals surface area contributed by atoms with Gasteiger partial charge in [-0.3, -0.25) is 4.90 Å². The summed E-state index contributed by atoms with van der Waals surface area (Å²) >= 11 is 0. The maximum absolute atomic E-state index is 3.85. The molecule has 1 saturated heterocycles. The Hall–Kier alpha value is -1.08. The molecule has 0 radical (unpaired) electrons. The highest BCUT2D eigenvalue weighted by atomic mass is 15.2. The van der Waals surface area contributed by atoms with Crippen molar-refractivity contribution in [2.24, 2.45) is 0 Å². The average Bonchev–Trinajstić information content (AvgIpc) is 2.33. The van der Waals surface area contributed by atoms with Crippen molar-refractivity contribution < 1.29 is 0 Å². The Morgan fingerprint density at radius 1 is 1.25 bits per heavy atom. The molecular formula is C15H21N. The Morgan fingerprint density at radius 3 is 2.81 bits per heavy atom. The molecule has 1 aromatic rings. The zero-order valence-corrected chi connectivity index (χ0v) is 9.94. The van der Waals surface area contributed by atoms with Gasteiger partial charge in [-0.15, -0.1) is 6.58 Å². The Labute approximate surface area is 98.8 Å². The van der Waals surface area contributed by atoms with E-state index in [-0.39, 0.29) is 0 Å². The third kappa shape index (κ3) is 2.96. The molecule has 0 N–H and O–H groups in total. The van der Waals surface area contributed by atoms with Crippen LogP contribution in [0.25, 0.3) is 0 Å². The van der Waals surface area contributed by atoms with Crippen molar-refractivity contribution in [2.45, 2.75) is 31.7 Å². The Balaban J connectivity index is 1.98. The first-order chi connectivity index (χ1) is 7.90. The largest absolute Gasteiger partial charge is 0.296 e. The van der Waals surface area contributed by atoms with Gasteiger partial charge in [0.15, 0.2) is 0 Å². The van der Waals surface area contributed by atoms with E-state index in [1.165, 1.54) is 37.8 Å². The van der Waals surface area contributed by atoms with Crippen LogP contribution in [-0.4, -0.2) is 24.0 Å². The van der Waals surface area contributed by atoms with Gasteiger partial charge in [0.1, 0.15) is 0 Å². The van der Waals surface area contributed by atoms with Crippen LogP contribution in [0.5, 0.6) is 0 Å². The van der Waals surface area contributed by atoms with Gasteiger partial charge >= 0.3 is 0 Å². The number of nitrogens with zero attached hydrogens (tertiary/aromatic N) is 1. The molecule has 86 valence electrons. The van der Waals surface area contributed by atoms with E-state index in [4.69, 9.17) is 0 Å². The van der Waals surface area contributed by atoms with Gasteiger partial charge in [0.05, 0.1) is 0 Å². The number of likely N-dealkylation sites (tertiary alicyclic amines) is 1. The van der Waals surface area contributed by atoms with Crippen LogP contribution < -0.4 is 0 Å². The van der Waals surface area contributed by atoms with E-state index in [0.717, 1.165) is 6.54 Å². The molecule has 0 aromatic heterocycles. The van der Waals surface area contributed by atoms with Crippen molar-refractivity contribution >= 4 is 0 Å². The first-order valence-corrected chi connectivity index (χ1v) is 6.29. The molecule has 1 heterocycles. The molecule has 0 aliphatic carbocycles. The second kappa shape index (κ2) is 5.86. The maximum Gasteiger partial charge on any atom is 0.0163 e. The minimum absolute atomic E-state index is 0.717. The summed E-state index contributed by atoms with van der Waals surface area (Å²) in [6.07, 6.45) is 7.28. The second-order valence-corrected chi connectivity index (χ2v) is 4.62. The van der Waals surface area contributed by atoms with Crippen LogP contribution in [-0.2, 0) is 6.42 Å². The molecule has 0 spiro atoms. The zero-order chi connectivity index (χ0) is 11.2. The summed E-state index contributed by atoms with van der Waals surface area (Å²) in [6.45, 7) is 6.13. The van der Waals surface area contributed by atoms with Crippen molar-refractivity contribution in [3.63, 3.8) is 0 Å². The summed E-state index contributed by atoms with van der Waals surface area (Å²) in [5.74, 6) is 0. The average molecular weight is 215 g/mol. The van der Waals surface area contributed by atoms with E-state index in [1.54, 1.807) is 0 Å². The highest BCUT2D eigenvalue weighted by Gasteiger charge is 2.21. The molecule has 0 saturated carbocycles. The lowest BCUT2D eigenvalue weighted by Crippen LogP contribution is -2.40. The minimum atomic E-state index is 0.717. The summed E-state index contributed by atoms with van der Waals surface area (Å²) in [4.78, 5) is 2.57. The van der Waals surface area contributed by atoms with Crippen molar-refractivity contribution in [3.05, 3.63) is 48.6 Å². The molecule has 1 aliphatic rings. The first kappa shape index (κ1) is 11.4. The van der Waals surface area contributed by atoms with Gasteiger partial charge < -0.3 is 0 Å². The molecule has 1 atom stereocenters. The molecule has 1 fully saturated rings. The van der Waals surface area contributed by atoms with Crippen LogP contribution in [0, 0.1) is 0 Å². The predicted octanol–water partition coefficient (Wildman–Crippen LogP) is 3.27. The fraction of sp³-hybridized carbons (Fsp3) is 0.467. The quantitative estimate of drug-likeness (QED) is 0.697. The van der Waals surface area contributed by atoms with Gasteiger partial charge in [0.2, 0.25) is 0 Å². The topological polar surface area (TPSA) is 3.24 Å². The van der Waals surface area contributed by atoms with E-state index in [0.29, 0.717) is 6.04 Å². The highest BCUT2D eigenvalue weighted by molar-refractivity contribution is 5.16. The number of hydrogen-bond acceptors (Lipinski definition) is 1. The van der Waals surface area contributed by atoms with E-state index >= 15 is 0 Å². The van der Waals surface area contributed by atoms with Crippen LogP contribution in [0.2, 0.25) is 0 Å². The minimum Gasteiger partial charge on any atom is -0.296 e. The monoisotopic (exact) mass is 215 g/mol. The predicted molar refractivity (Wildman–Crippen MR) is 69.6 cm³/mol. The molecule has 1 unspecified atom stereocenters. The third-order valence-corrected chi connectivity index (χ3v) is 3.43. The van der Waals surface area contributed by atoms with Gasteiger partial charge in [0, 0.05) is 12.6 Å². The van der Waals surface area contributed by atoms with Gasteiger partial charge in [-0.25, -0.2) is 0 Å². The van der Waals surface area contributed by atoms with Gasteiger partial charge in [0.25, 0.3) is 0 Å². The van der Waals surface area contributed by atoms with Crippen LogP contribution >= 0.6 is 0 Å². The molecule has 0 amide bonds. The summed E-state index contributed by atoms with van der Waals surface area (Å²) in [5.41, 5.74) is 1.46. The van der Waals surface area contributed by atoms with E-state index in [2.05, 4.69) is 41.8 Å². The molecule has 0 bridgehead atoms. The lowest BCUT2D eigenvalue weighted by atomic mass is 9.95. The molecule has 1 nitrogen and oxygen atoms in total. The fourth-order valence-electron chi connectivity index (χ4n) is 2.58. The number of rotatable bonds is 4. The van der Waals surface area contributed by atoms with Crippen LogP contribution in [0.15, 0.2) is 43.0 Å². The molecule has 1 aromatic carbocycles. The lowest BCUT2D eigenvalue weighted by Gasteiger charge is -2.35. The second-order valence-electron chi connectivity index (χ2n) is 4.62. The van der Waals surface area contributed by atoms with Crippen LogP contribution in [0.3, 0.4) is 0 Å². The summed E-state index contributed by atoms with van der Waals surface area (Å²) < 4.78 is 0. The number of benzene rings is 1. The van der Waals surface area contributed by atoms with Crippen LogP contribution in [0.4, 0.5) is 0 Å². The molecule has 1 aliphatic heterocycles. The van der Waals surface area contributed by atoms with E-state index < -0.39 is 0 Å². The molecule has 16 heavy (non-hydrogen) atoms. The standard InChI is InChI=1S/C15H21N/c1-2-11-16-12-7-6-10-15(16)13-14-8-4-3-5-9-14/h2-5,8-9,15H,1,6-7,10-13H2. The van der Waals surface area contributed by atoms with E-state index in [1.807, 2.05) is 6.08 Å². The van der Waals surface area contributed by atoms with Crippen molar-refractivity contribution in [2.75, 3.05) is 13.1 Å². The Bertz CT molecular complexity index is 317. The molecule has 1 heteroatoms. The van der Waals surface area contributed by atoms with Gasteiger partial charge in [-0.05, 0) is 31.4 Å².